The molecule has 0 aromatic rings. The molecule has 260 valence electrons. The SMILES string of the molecule is CC(C)(C)S(=O)(=O)C1=C(S(=O)(=O)C(C)(C)C)CC2=C(CC3=C(C2)CC2=C(C3)CC(S(=O)(=O)C(C)(C)C)=C(S(=O)(=O)C(C)(C)C)C2)C1. The molecule has 0 bridgehead atoms. The van der Waals surface area contributed by atoms with Gasteiger partial charge in [-0.05, 0) is 109 Å². The van der Waals surface area contributed by atoms with Gasteiger partial charge in [0.25, 0.3) is 0 Å². The van der Waals surface area contributed by atoms with Gasteiger partial charge >= 0.3 is 0 Å². The Kier molecular flexibility index (Phi) is 8.93. The molecule has 0 aliphatic heterocycles. The largest absolute Gasteiger partial charge is 0.223 e. The Labute approximate surface area is 278 Å². The minimum Gasteiger partial charge on any atom is -0.223 e. The summed E-state index contributed by atoms with van der Waals surface area (Å²) in [6, 6.07) is 0. The molecular formula is C34H52O8S4. The summed E-state index contributed by atoms with van der Waals surface area (Å²) in [7, 11) is -15.8. The second kappa shape index (κ2) is 11.0. The zero-order valence-electron chi connectivity index (χ0n) is 29.6. The molecule has 0 aromatic heterocycles. The minimum absolute atomic E-state index is 0.00961. The number of hydrogen-bond acceptors (Lipinski definition) is 8. The number of hydrogen-bond donors (Lipinski definition) is 0. The molecule has 0 amide bonds. The summed E-state index contributed by atoms with van der Waals surface area (Å²) in [5.41, 5.74) is 5.88. The van der Waals surface area contributed by atoms with E-state index in [4.69, 9.17) is 0 Å². The normalized spacial score (nSPS) is 21.5. The molecule has 12 heteroatoms. The summed E-state index contributed by atoms with van der Waals surface area (Å²) in [4.78, 5) is -0.0384. The van der Waals surface area contributed by atoms with E-state index in [1.807, 2.05) is 0 Å². The fourth-order valence-electron chi connectivity index (χ4n) is 6.53. The number of rotatable bonds is 4. The van der Waals surface area contributed by atoms with E-state index >= 15 is 0 Å². The van der Waals surface area contributed by atoms with Crippen molar-refractivity contribution in [3.63, 3.8) is 0 Å². The van der Waals surface area contributed by atoms with E-state index in [-0.39, 0.29) is 45.3 Å². The van der Waals surface area contributed by atoms with Crippen molar-refractivity contribution in [1.82, 2.24) is 0 Å². The van der Waals surface area contributed by atoms with Gasteiger partial charge in [0.2, 0.25) is 0 Å². The maximum absolute atomic E-state index is 13.9. The highest BCUT2D eigenvalue weighted by molar-refractivity contribution is 8.00. The highest BCUT2D eigenvalue weighted by Crippen LogP contribution is 2.53. The minimum atomic E-state index is -3.95. The van der Waals surface area contributed by atoms with Crippen LogP contribution < -0.4 is 0 Å². The molecule has 0 saturated heterocycles. The Balaban J connectivity index is 1.75. The van der Waals surface area contributed by atoms with Gasteiger partial charge in [-0.2, -0.15) is 0 Å². The highest BCUT2D eigenvalue weighted by atomic mass is 32.2. The molecule has 4 rings (SSSR count). The Bertz CT molecular complexity index is 1700. The predicted octanol–water partition coefficient (Wildman–Crippen LogP) is 7.33. The molecule has 0 aromatic carbocycles. The van der Waals surface area contributed by atoms with E-state index in [9.17, 15) is 33.7 Å². The maximum Gasteiger partial charge on any atom is 0.180 e. The van der Waals surface area contributed by atoms with E-state index in [0.717, 1.165) is 33.4 Å². The van der Waals surface area contributed by atoms with Gasteiger partial charge < -0.3 is 0 Å². The van der Waals surface area contributed by atoms with Crippen LogP contribution in [0.3, 0.4) is 0 Å². The molecule has 0 saturated carbocycles. The van der Waals surface area contributed by atoms with Crippen LogP contribution in [-0.2, 0) is 39.3 Å². The van der Waals surface area contributed by atoms with Gasteiger partial charge in [-0.3, -0.25) is 0 Å². The van der Waals surface area contributed by atoms with Gasteiger partial charge in [0, 0.05) is 25.7 Å². The second-order valence-electron chi connectivity index (χ2n) is 17.2. The van der Waals surface area contributed by atoms with Crippen molar-refractivity contribution in [1.29, 1.82) is 0 Å². The van der Waals surface area contributed by atoms with Gasteiger partial charge in [0.1, 0.15) is 0 Å². The van der Waals surface area contributed by atoms with Crippen LogP contribution in [0.1, 0.15) is 134 Å². The molecular weight excluding hydrogens is 665 g/mol. The topological polar surface area (TPSA) is 137 Å². The average Bonchev–Trinajstić information content (AvgIpc) is 2.86. The lowest BCUT2D eigenvalue weighted by molar-refractivity contribution is 0.556. The molecule has 0 unspecified atom stereocenters. The fourth-order valence-corrected chi connectivity index (χ4v) is 13.8. The Morgan fingerprint density at radius 2 is 0.413 bits per heavy atom. The highest BCUT2D eigenvalue weighted by Gasteiger charge is 2.47. The first-order chi connectivity index (χ1) is 20.4. The van der Waals surface area contributed by atoms with Gasteiger partial charge in [-0.15, -0.1) is 0 Å². The van der Waals surface area contributed by atoms with Gasteiger partial charge in [-0.1, -0.05) is 33.4 Å². The van der Waals surface area contributed by atoms with Gasteiger partial charge in [0.05, 0.1) is 38.6 Å². The summed E-state index contributed by atoms with van der Waals surface area (Å²) in [6.45, 7) is 19.1. The zero-order chi connectivity index (χ0) is 35.4. The van der Waals surface area contributed by atoms with Crippen molar-refractivity contribution in [2.45, 2.75) is 153 Å². The third kappa shape index (κ3) is 5.99. The van der Waals surface area contributed by atoms with Crippen LogP contribution in [0.2, 0.25) is 0 Å². The van der Waals surface area contributed by atoms with Crippen LogP contribution in [0.15, 0.2) is 53.1 Å². The molecule has 8 nitrogen and oxygen atoms in total. The molecule has 0 atom stereocenters. The molecule has 4 aliphatic carbocycles. The summed E-state index contributed by atoms with van der Waals surface area (Å²) >= 11 is 0. The van der Waals surface area contributed by atoms with Crippen molar-refractivity contribution >= 4 is 39.3 Å². The second-order valence-corrected chi connectivity index (χ2v) is 28.1. The first kappa shape index (κ1) is 37.3. The van der Waals surface area contributed by atoms with E-state index in [1.165, 1.54) is 0 Å². The standard InChI is InChI=1S/C34H52O8S4/c1-31(2,3)43(35,36)27-17-23-13-21-15-25-19-29(45(39,40)33(7,8)9)30(46(41,42)34(10,11)12)20-26(25)16-22(21)14-24(23)18-28(27)44(37,38)32(4,5)6/h13-20H2,1-12H3. The lowest BCUT2D eigenvalue weighted by Gasteiger charge is -2.39. The number of sulfone groups is 4. The molecule has 0 N–H and O–H groups in total. The van der Waals surface area contributed by atoms with Crippen molar-refractivity contribution < 1.29 is 33.7 Å². The summed E-state index contributed by atoms with van der Waals surface area (Å²) in [6.07, 6.45) is 2.13. The van der Waals surface area contributed by atoms with Crippen LogP contribution >= 0.6 is 0 Å². The third-order valence-electron chi connectivity index (χ3n) is 9.85. The van der Waals surface area contributed by atoms with Crippen LogP contribution in [0.5, 0.6) is 0 Å². The molecule has 0 heterocycles. The molecule has 0 spiro atoms. The van der Waals surface area contributed by atoms with Crippen molar-refractivity contribution in [3.8, 4) is 0 Å². The maximum atomic E-state index is 13.9. The molecule has 0 radical (unpaired) electrons. The van der Waals surface area contributed by atoms with E-state index in [0.29, 0.717) is 25.7 Å². The Morgan fingerprint density at radius 1 is 0.283 bits per heavy atom. The van der Waals surface area contributed by atoms with Crippen LogP contribution in [-0.4, -0.2) is 52.7 Å². The van der Waals surface area contributed by atoms with Crippen LogP contribution in [0, 0.1) is 0 Å². The quantitative estimate of drug-likeness (QED) is 0.276. The van der Waals surface area contributed by atoms with Crippen LogP contribution in [0.25, 0.3) is 0 Å². The van der Waals surface area contributed by atoms with Crippen molar-refractivity contribution in [3.05, 3.63) is 53.1 Å². The fraction of sp³-hybridized carbons (Fsp3) is 0.706. The lowest BCUT2D eigenvalue weighted by atomic mass is 9.72. The lowest BCUT2D eigenvalue weighted by Crippen LogP contribution is -2.37. The van der Waals surface area contributed by atoms with E-state index in [1.54, 1.807) is 83.1 Å². The number of allylic oxidation sites excluding steroid dienone is 10. The molecule has 4 aliphatic rings. The smallest absolute Gasteiger partial charge is 0.180 e. The average molecular weight is 717 g/mol. The van der Waals surface area contributed by atoms with Gasteiger partial charge in [0.15, 0.2) is 39.3 Å². The summed E-state index contributed by atoms with van der Waals surface area (Å²) in [5.74, 6) is 0. The summed E-state index contributed by atoms with van der Waals surface area (Å²) in [5, 5.41) is 0. The van der Waals surface area contributed by atoms with Gasteiger partial charge in [-0.25, -0.2) is 33.7 Å². The zero-order valence-corrected chi connectivity index (χ0v) is 32.8. The summed E-state index contributed by atoms with van der Waals surface area (Å²) < 4.78 is 106. The van der Waals surface area contributed by atoms with Crippen molar-refractivity contribution in [2.75, 3.05) is 0 Å². The monoisotopic (exact) mass is 716 g/mol. The predicted molar refractivity (Wildman–Crippen MR) is 187 cm³/mol. The van der Waals surface area contributed by atoms with Crippen LogP contribution in [0.4, 0.5) is 0 Å². The first-order valence-corrected chi connectivity index (χ1v) is 21.8. The third-order valence-corrected chi connectivity index (χ3v) is 20.7. The van der Waals surface area contributed by atoms with E-state index < -0.39 is 58.3 Å². The van der Waals surface area contributed by atoms with Crippen molar-refractivity contribution in [2.24, 2.45) is 0 Å². The first-order valence-electron chi connectivity index (χ1n) is 15.9. The Morgan fingerprint density at radius 3 is 0.543 bits per heavy atom. The van der Waals surface area contributed by atoms with E-state index in [2.05, 4.69) is 0 Å². The molecule has 0 fully saturated rings. The Hall–Kier alpha value is -1.50. The molecule has 46 heavy (non-hydrogen) atoms.